The first-order chi connectivity index (χ1) is 9.88. The zero-order chi connectivity index (χ0) is 15.5. The quantitative estimate of drug-likeness (QED) is 0.893. The molecule has 1 aliphatic rings. The predicted octanol–water partition coefficient (Wildman–Crippen LogP) is 3.20. The van der Waals surface area contributed by atoms with Crippen LogP contribution in [0.2, 0.25) is 0 Å². The Morgan fingerprint density at radius 1 is 1.41 bits per heavy atom. The second-order valence-electron chi connectivity index (χ2n) is 7.05. The molecular weight excluding hydrogens is 296 g/mol. The third-order valence-electron chi connectivity index (χ3n) is 4.50. The van der Waals surface area contributed by atoms with Gasteiger partial charge in [-0.3, -0.25) is 4.79 Å². The Morgan fingerprint density at radius 2 is 2.14 bits per heavy atom. The van der Waals surface area contributed by atoms with Crippen molar-refractivity contribution in [3.63, 3.8) is 0 Å². The number of nitrogens with one attached hydrogen (secondary N) is 2. The van der Waals surface area contributed by atoms with E-state index < -0.39 is 0 Å². The molecule has 1 heterocycles. The zero-order valence-corrected chi connectivity index (χ0v) is 14.9. The standard InChI is InChI=1S/C18H28N2O.ClH/c1-13-6-5-7-16(10-13)18(3,4)12-20-17(21)15-8-9-19-14(2)11-15;/h5-7,10,14-15,19H,8-9,11-12H2,1-4H3,(H,20,21);1H/t14-,15-;/m0./s1. The average molecular weight is 325 g/mol. The Balaban J connectivity index is 0.00000242. The molecule has 1 amide bonds. The molecule has 1 aliphatic heterocycles. The molecule has 0 unspecified atom stereocenters. The molecule has 0 saturated carbocycles. The van der Waals surface area contributed by atoms with Crippen LogP contribution in [0.1, 0.15) is 44.7 Å². The van der Waals surface area contributed by atoms with E-state index in [1.165, 1.54) is 11.1 Å². The molecule has 4 heteroatoms. The molecule has 1 aromatic rings. The van der Waals surface area contributed by atoms with Gasteiger partial charge in [0, 0.05) is 23.9 Å². The SMILES string of the molecule is Cc1cccc(C(C)(C)CNC(=O)[C@H]2CCN[C@@H](C)C2)c1.Cl. The van der Waals surface area contributed by atoms with Gasteiger partial charge >= 0.3 is 0 Å². The Labute approximate surface area is 140 Å². The maximum Gasteiger partial charge on any atom is 0.223 e. The smallest absolute Gasteiger partial charge is 0.223 e. The molecule has 0 aromatic heterocycles. The highest BCUT2D eigenvalue weighted by Crippen LogP contribution is 2.24. The monoisotopic (exact) mass is 324 g/mol. The van der Waals surface area contributed by atoms with Gasteiger partial charge in [-0.05, 0) is 38.8 Å². The molecule has 22 heavy (non-hydrogen) atoms. The van der Waals surface area contributed by atoms with Crippen LogP contribution in [-0.4, -0.2) is 25.0 Å². The van der Waals surface area contributed by atoms with E-state index in [-0.39, 0.29) is 29.6 Å². The van der Waals surface area contributed by atoms with Crippen molar-refractivity contribution in [1.29, 1.82) is 0 Å². The van der Waals surface area contributed by atoms with Gasteiger partial charge in [-0.1, -0.05) is 43.7 Å². The molecular formula is C18H29ClN2O. The highest BCUT2D eigenvalue weighted by atomic mass is 35.5. The first-order valence-corrected chi connectivity index (χ1v) is 7.97. The van der Waals surface area contributed by atoms with Crippen molar-refractivity contribution in [2.24, 2.45) is 5.92 Å². The van der Waals surface area contributed by atoms with Crippen LogP contribution < -0.4 is 10.6 Å². The van der Waals surface area contributed by atoms with Gasteiger partial charge in [0.25, 0.3) is 0 Å². The summed E-state index contributed by atoms with van der Waals surface area (Å²) in [5, 5.41) is 6.56. The lowest BCUT2D eigenvalue weighted by Crippen LogP contribution is -2.45. The highest BCUT2D eigenvalue weighted by Gasteiger charge is 2.27. The van der Waals surface area contributed by atoms with Gasteiger partial charge in [-0.25, -0.2) is 0 Å². The molecule has 0 spiro atoms. The molecule has 3 nitrogen and oxygen atoms in total. The number of rotatable bonds is 4. The first-order valence-electron chi connectivity index (χ1n) is 7.97. The van der Waals surface area contributed by atoms with Crippen molar-refractivity contribution in [3.8, 4) is 0 Å². The number of hydrogen-bond donors (Lipinski definition) is 2. The van der Waals surface area contributed by atoms with E-state index in [0.717, 1.165) is 19.4 Å². The topological polar surface area (TPSA) is 41.1 Å². The molecule has 0 bridgehead atoms. The Morgan fingerprint density at radius 3 is 2.77 bits per heavy atom. The van der Waals surface area contributed by atoms with Gasteiger partial charge < -0.3 is 10.6 Å². The number of halogens is 1. The molecule has 124 valence electrons. The molecule has 2 atom stereocenters. The minimum Gasteiger partial charge on any atom is -0.355 e. The summed E-state index contributed by atoms with van der Waals surface area (Å²) in [6.07, 6.45) is 1.89. The molecule has 0 aliphatic carbocycles. The van der Waals surface area contributed by atoms with E-state index in [1.807, 2.05) is 0 Å². The van der Waals surface area contributed by atoms with Crippen LogP contribution in [0.15, 0.2) is 24.3 Å². The number of carbonyl (C=O) groups excluding carboxylic acids is 1. The summed E-state index contributed by atoms with van der Waals surface area (Å²) in [7, 11) is 0. The molecule has 1 fully saturated rings. The van der Waals surface area contributed by atoms with Crippen LogP contribution in [-0.2, 0) is 10.2 Å². The maximum absolute atomic E-state index is 12.3. The molecule has 1 aromatic carbocycles. The summed E-state index contributed by atoms with van der Waals surface area (Å²) in [4.78, 5) is 12.3. The lowest BCUT2D eigenvalue weighted by Gasteiger charge is -2.30. The average Bonchev–Trinajstić information content (AvgIpc) is 2.45. The van der Waals surface area contributed by atoms with Crippen LogP contribution in [0.5, 0.6) is 0 Å². The summed E-state index contributed by atoms with van der Waals surface area (Å²) >= 11 is 0. The lowest BCUT2D eigenvalue weighted by atomic mass is 9.83. The van der Waals surface area contributed by atoms with E-state index in [0.29, 0.717) is 12.6 Å². The summed E-state index contributed by atoms with van der Waals surface area (Å²) in [6.45, 7) is 10.3. The van der Waals surface area contributed by atoms with Crippen molar-refractivity contribution in [3.05, 3.63) is 35.4 Å². The lowest BCUT2D eigenvalue weighted by molar-refractivity contribution is -0.126. The Bertz CT molecular complexity index is 502. The Kier molecular flexibility index (Phi) is 6.89. The molecule has 2 rings (SSSR count). The van der Waals surface area contributed by atoms with E-state index >= 15 is 0 Å². The van der Waals surface area contributed by atoms with Gasteiger partial charge in [-0.2, -0.15) is 0 Å². The number of aryl methyl sites for hydroxylation is 1. The molecule has 0 radical (unpaired) electrons. The van der Waals surface area contributed by atoms with E-state index in [9.17, 15) is 4.79 Å². The third kappa shape index (κ3) is 4.99. The summed E-state index contributed by atoms with van der Waals surface area (Å²) in [6, 6.07) is 8.99. The van der Waals surface area contributed by atoms with Crippen LogP contribution in [0, 0.1) is 12.8 Å². The van der Waals surface area contributed by atoms with E-state index in [2.05, 4.69) is 62.6 Å². The largest absolute Gasteiger partial charge is 0.355 e. The van der Waals surface area contributed by atoms with Crippen LogP contribution in [0.25, 0.3) is 0 Å². The second kappa shape index (κ2) is 7.98. The zero-order valence-electron chi connectivity index (χ0n) is 14.1. The summed E-state index contributed by atoms with van der Waals surface area (Å²) in [5.41, 5.74) is 2.50. The van der Waals surface area contributed by atoms with Crippen molar-refractivity contribution in [2.45, 2.75) is 52.0 Å². The van der Waals surface area contributed by atoms with Crippen molar-refractivity contribution in [1.82, 2.24) is 10.6 Å². The summed E-state index contributed by atoms with van der Waals surface area (Å²) < 4.78 is 0. The van der Waals surface area contributed by atoms with Crippen LogP contribution in [0.3, 0.4) is 0 Å². The number of amides is 1. The minimum atomic E-state index is -0.0415. The fraction of sp³-hybridized carbons (Fsp3) is 0.611. The highest BCUT2D eigenvalue weighted by molar-refractivity contribution is 5.85. The van der Waals surface area contributed by atoms with Crippen molar-refractivity contribution < 1.29 is 4.79 Å². The van der Waals surface area contributed by atoms with Crippen LogP contribution in [0.4, 0.5) is 0 Å². The van der Waals surface area contributed by atoms with Crippen LogP contribution >= 0.6 is 12.4 Å². The van der Waals surface area contributed by atoms with Crippen molar-refractivity contribution in [2.75, 3.05) is 13.1 Å². The number of carbonyl (C=O) groups is 1. The number of hydrogen-bond acceptors (Lipinski definition) is 2. The normalized spacial score (nSPS) is 21.8. The minimum absolute atomic E-state index is 0. The number of benzene rings is 1. The fourth-order valence-electron chi connectivity index (χ4n) is 2.99. The fourth-order valence-corrected chi connectivity index (χ4v) is 2.99. The second-order valence-corrected chi connectivity index (χ2v) is 7.05. The first kappa shape index (κ1) is 19.0. The van der Waals surface area contributed by atoms with Gasteiger partial charge in [-0.15, -0.1) is 12.4 Å². The van der Waals surface area contributed by atoms with Gasteiger partial charge in [0.05, 0.1) is 0 Å². The van der Waals surface area contributed by atoms with Gasteiger partial charge in [0.2, 0.25) is 5.91 Å². The summed E-state index contributed by atoms with van der Waals surface area (Å²) in [5.74, 6) is 0.374. The predicted molar refractivity (Wildman–Crippen MR) is 94.7 cm³/mol. The van der Waals surface area contributed by atoms with Gasteiger partial charge in [0.15, 0.2) is 0 Å². The third-order valence-corrected chi connectivity index (χ3v) is 4.50. The van der Waals surface area contributed by atoms with E-state index in [4.69, 9.17) is 0 Å². The van der Waals surface area contributed by atoms with Crippen molar-refractivity contribution >= 4 is 18.3 Å². The van der Waals surface area contributed by atoms with E-state index in [1.54, 1.807) is 0 Å². The number of piperidine rings is 1. The maximum atomic E-state index is 12.3. The molecule has 1 saturated heterocycles. The molecule has 2 N–H and O–H groups in total. The Hall–Kier alpha value is -1.06. The van der Waals surface area contributed by atoms with Gasteiger partial charge in [0.1, 0.15) is 0 Å².